The lowest BCUT2D eigenvalue weighted by atomic mass is 10.0. The number of nitro benzene ring substituents is 1. The third-order valence-corrected chi connectivity index (χ3v) is 7.35. The maximum Gasteiger partial charge on any atom is 0.341 e. The molecule has 2 heterocycles. The van der Waals surface area contributed by atoms with E-state index in [0.29, 0.717) is 47.5 Å². The summed E-state index contributed by atoms with van der Waals surface area (Å²) in [6.45, 7) is 6.19. The molecule has 0 saturated carbocycles. The summed E-state index contributed by atoms with van der Waals surface area (Å²) in [7, 11) is 0. The Labute approximate surface area is 223 Å². The number of halogens is 1. The number of nitrogens with zero attached hydrogens (tertiary/aromatic N) is 3. The highest BCUT2D eigenvalue weighted by atomic mass is 35.5. The number of nitrogens with one attached hydrogen (secondary N) is 1. The Morgan fingerprint density at radius 1 is 1.14 bits per heavy atom. The van der Waals surface area contributed by atoms with Crippen LogP contribution in [-0.2, 0) is 9.53 Å². The first kappa shape index (κ1) is 26.6. The smallest absolute Gasteiger partial charge is 0.341 e. The zero-order valence-electron chi connectivity index (χ0n) is 20.5. The standard InChI is InChI=1S/C26H27ClN4O5S/c1-3-36-26(33)24-23(18-7-5-4-6-8-18)17(2)37-25(24)28-22(32)16-29-11-13-30(14-12-29)20-10-9-19(27)15-21(20)31(34)35/h4-10,15H,3,11-14,16H2,1-2H3,(H,28,32). The number of thiophene rings is 1. The average molecular weight is 543 g/mol. The highest BCUT2D eigenvalue weighted by Gasteiger charge is 2.28. The van der Waals surface area contributed by atoms with Crippen molar-refractivity contribution in [2.75, 3.05) is 49.5 Å². The molecular formula is C26H27ClN4O5S. The van der Waals surface area contributed by atoms with Crippen LogP contribution >= 0.6 is 22.9 Å². The van der Waals surface area contributed by atoms with Crippen molar-refractivity contribution in [2.45, 2.75) is 13.8 Å². The Morgan fingerprint density at radius 3 is 2.49 bits per heavy atom. The van der Waals surface area contributed by atoms with Crippen molar-refractivity contribution in [3.8, 4) is 11.1 Å². The molecule has 0 spiro atoms. The van der Waals surface area contributed by atoms with E-state index in [0.717, 1.165) is 16.0 Å². The summed E-state index contributed by atoms with van der Waals surface area (Å²) < 4.78 is 5.31. The van der Waals surface area contributed by atoms with Gasteiger partial charge in [-0.1, -0.05) is 41.9 Å². The van der Waals surface area contributed by atoms with Gasteiger partial charge in [-0.3, -0.25) is 19.8 Å². The zero-order chi connectivity index (χ0) is 26.5. The van der Waals surface area contributed by atoms with Crippen molar-refractivity contribution in [3.63, 3.8) is 0 Å². The number of carbonyl (C=O) groups is 2. The quantitative estimate of drug-likeness (QED) is 0.236. The Kier molecular flexibility index (Phi) is 8.42. The van der Waals surface area contributed by atoms with Crippen molar-refractivity contribution in [2.24, 2.45) is 0 Å². The van der Waals surface area contributed by atoms with E-state index in [1.807, 2.05) is 47.1 Å². The molecule has 0 unspecified atom stereocenters. The first-order chi connectivity index (χ1) is 17.8. The number of hydrogen-bond donors (Lipinski definition) is 1. The third-order valence-electron chi connectivity index (χ3n) is 6.09. The lowest BCUT2D eigenvalue weighted by Crippen LogP contribution is -2.48. The van der Waals surface area contributed by atoms with E-state index < -0.39 is 10.9 Å². The van der Waals surface area contributed by atoms with Crippen LogP contribution in [0.1, 0.15) is 22.2 Å². The molecule has 9 nitrogen and oxygen atoms in total. The summed E-state index contributed by atoms with van der Waals surface area (Å²) in [5.74, 6) is -0.712. The molecule has 3 aromatic rings. The molecule has 1 aromatic heterocycles. The second kappa shape index (κ2) is 11.7. The first-order valence-corrected chi connectivity index (χ1v) is 13.0. The fourth-order valence-electron chi connectivity index (χ4n) is 4.41. The van der Waals surface area contributed by atoms with E-state index in [4.69, 9.17) is 16.3 Å². The van der Waals surface area contributed by atoms with Crippen LogP contribution < -0.4 is 10.2 Å². The molecule has 1 fully saturated rings. The number of hydrogen-bond acceptors (Lipinski definition) is 8. The Bertz CT molecular complexity index is 1310. The van der Waals surface area contributed by atoms with Crippen molar-refractivity contribution in [3.05, 3.63) is 74.1 Å². The fraction of sp³-hybridized carbons (Fsp3) is 0.308. The number of esters is 1. The molecule has 11 heteroatoms. The summed E-state index contributed by atoms with van der Waals surface area (Å²) in [4.78, 5) is 41.7. The van der Waals surface area contributed by atoms with Crippen molar-refractivity contribution < 1.29 is 19.2 Å². The number of ether oxygens (including phenoxy) is 1. The Morgan fingerprint density at radius 2 is 1.84 bits per heavy atom. The van der Waals surface area contributed by atoms with E-state index in [2.05, 4.69) is 5.32 Å². The van der Waals surface area contributed by atoms with Crippen molar-refractivity contribution in [1.82, 2.24) is 4.90 Å². The van der Waals surface area contributed by atoms with Gasteiger partial charge in [0.25, 0.3) is 5.69 Å². The van der Waals surface area contributed by atoms with E-state index in [-0.39, 0.29) is 24.7 Å². The lowest BCUT2D eigenvalue weighted by molar-refractivity contribution is -0.384. The molecule has 1 aliphatic heterocycles. The van der Waals surface area contributed by atoms with Crippen LogP contribution in [0.5, 0.6) is 0 Å². The molecule has 0 atom stereocenters. The van der Waals surface area contributed by atoms with Gasteiger partial charge in [-0.05, 0) is 31.5 Å². The molecule has 0 radical (unpaired) electrons. The van der Waals surface area contributed by atoms with Gasteiger partial charge in [0, 0.05) is 47.7 Å². The van der Waals surface area contributed by atoms with Crippen LogP contribution in [0, 0.1) is 17.0 Å². The number of aryl methyl sites for hydroxylation is 1. The van der Waals surface area contributed by atoms with Gasteiger partial charge in [0.1, 0.15) is 16.3 Å². The van der Waals surface area contributed by atoms with Crippen LogP contribution in [-0.4, -0.2) is 61.0 Å². The van der Waals surface area contributed by atoms with Crippen LogP contribution in [0.15, 0.2) is 48.5 Å². The van der Waals surface area contributed by atoms with Gasteiger partial charge in [0.05, 0.1) is 18.1 Å². The molecule has 1 aliphatic rings. The number of anilines is 2. The van der Waals surface area contributed by atoms with Gasteiger partial charge in [-0.2, -0.15) is 0 Å². The highest BCUT2D eigenvalue weighted by molar-refractivity contribution is 7.17. The number of nitro groups is 1. The molecule has 0 aliphatic carbocycles. The summed E-state index contributed by atoms with van der Waals surface area (Å²) in [5.41, 5.74) is 2.49. The zero-order valence-corrected chi connectivity index (χ0v) is 22.1. The minimum Gasteiger partial charge on any atom is -0.462 e. The predicted octanol–water partition coefficient (Wildman–Crippen LogP) is 5.22. The van der Waals surface area contributed by atoms with Gasteiger partial charge in [0.15, 0.2) is 0 Å². The molecule has 1 saturated heterocycles. The van der Waals surface area contributed by atoms with Crippen LogP contribution in [0.25, 0.3) is 11.1 Å². The van der Waals surface area contributed by atoms with E-state index in [1.54, 1.807) is 19.1 Å². The molecule has 194 valence electrons. The van der Waals surface area contributed by atoms with Gasteiger partial charge in [0.2, 0.25) is 5.91 Å². The summed E-state index contributed by atoms with van der Waals surface area (Å²) in [6.07, 6.45) is 0. The molecule has 37 heavy (non-hydrogen) atoms. The monoisotopic (exact) mass is 542 g/mol. The topological polar surface area (TPSA) is 105 Å². The number of carbonyl (C=O) groups excluding carboxylic acids is 2. The second-order valence-corrected chi connectivity index (χ2v) is 10.2. The fourth-order valence-corrected chi connectivity index (χ4v) is 5.66. The lowest BCUT2D eigenvalue weighted by Gasteiger charge is -2.35. The second-order valence-electron chi connectivity index (χ2n) is 8.53. The third kappa shape index (κ3) is 6.10. The molecule has 1 N–H and O–H groups in total. The largest absolute Gasteiger partial charge is 0.462 e. The van der Waals surface area contributed by atoms with Crippen LogP contribution in [0.4, 0.5) is 16.4 Å². The maximum atomic E-state index is 13.0. The van der Waals surface area contributed by atoms with E-state index in [1.165, 1.54) is 17.4 Å². The van der Waals surface area contributed by atoms with Gasteiger partial charge in [-0.15, -0.1) is 11.3 Å². The van der Waals surface area contributed by atoms with E-state index in [9.17, 15) is 19.7 Å². The van der Waals surface area contributed by atoms with Crippen LogP contribution in [0.2, 0.25) is 5.02 Å². The normalized spacial score (nSPS) is 13.9. The summed E-state index contributed by atoms with van der Waals surface area (Å²) >= 11 is 7.29. The Balaban J connectivity index is 1.45. The Hall–Kier alpha value is -3.47. The number of piperazine rings is 1. The minimum atomic E-state index is -0.473. The maximum absolute atomic E-state index is 13.0. The van der Waals surface area contributed by atoms with Gasteiger partial charge >= 0.3 is 5.97 Å². The average Bonchev–Trinajstić information content (AvgIpc) is 3.20. The number of amides is 1. The van der Waals surface area contributed by atoms with Gasteiger partial charge < -0.3 is 15.0 Å². The summed E-state index contributed by atoms with van der Waals surface area (Å²) in [5, 5.41) is 15.2. The van der Waals surface area contributed by atoms with Crippen LogP contribution in [0.3, 0.4) is 0 Å². The predicted molar refractivity (Wildman–Crippen MR) is 146 cm³/mol. The van der Waals surface area contributed by atoms with Gasteiger partial charge in [-0.25, -0.2) is 4.79 Å². The number of rotatable bonds is 8. The minimum absolute atomic E-state index is 0.0347. The van der Waals surface area contributed by atoms with Crippen molar-refractivity contribution >= 4 is 51.2 Å². The van der Waals surface area contributed by atoms with E-state index >= 15 is 0 Å². The molecule has 2 aromatic carbocycles. The van der Waals surface area contributed by atoms with Crippen molar-refractivity contribution in [1.29, 1.82) is 0 Å². The molecular weight excluding hydrogens is 516 g/mol. The summed E-state index contributed by atoms with van der Waals surface area (Å²) in [6, 6.07) is 14.2. The molecule has 4 rings (SSSR count). The SMILES string of the molecule is CCOC(=O)c1c(NC(=O)CN2CCN(c3ccc(Cl)cc3[N+](=O)[O-])CC2)sc(C)c1-c1ccccc1. The first-order valence-electron chi connectivity index (χ1n) is 11.9. The molecule has 1 amide bonds. The molecule has 0 bridgehead atoms. The highest BCUT2D eigenvalue weighted by Crippen LogP contribution is 2.40. The number of benzene rings is 2.